The van der Waals surface area contributed by atoms with E-state index in [-0.39, 0.29) is 23.8 Å². The number of halogens is 2. The molecule has 0 bridgehead atoms. The maximum Gasteiger partial charge on any atom is 0.227 e. The van der Waals surface area contributed by atoms with Crippen LogP contribution < -0.4 is 5.32 Å². The Bertz CT molecular complexity index is 1300. The van der Waals surface area contributed by atoms with Crippen LogP contribution in [0.5, 0.6) is 0 Å². The third-order valence-electron chi connectivity index (χ3n) is 6.29. The number of hydrogen-bond donors (Lipinski definition) is 2. The quantitative estimate of drug-likeness (QED) is 0.392. The summed E-state index contributed by atoms with van der Waals surface area (Å²) >= 11 is 0. The standard InChI is InChI=1S/C26H25F2N5O/c1-16-2-5-19(28)14-23(16)32-26-29-13-12-22(31-26)24-15-30-25(17-3-6-18(27)7-4-17)33(24)20-8-10-21(34)11-9-20/h2-7,12-15,20-21,34H,8-11H2,1H3,(H,29,31,32). The molecule has 0 unspecified atom stereocenters. The molecular formula is C26H25F2N5O. The van der Waals surface area contributed by atoms with Gasteiger partial charge in [0.15, 0.2) is 0 Å². The Labute approximate surface area is 196 Å². The highest BCUT2D eigenvalue weighted by Gasteiger charge is 2.26. The van der Waals surface area contributed by atoms with Crippen LogP contribution in [0.4, 0.5) is 20.4 Å². The molecule has 0 amide bonds. The number of benzene rings is 2. The lowest BCUT2D eigenvalue weighted by atomic mass is 9.92. The van der Waals surface area contributed by atoms with Crippen molar-refractivity contribution >= 4 is 11.6 Å². The van der Waals surface area contributed by atoms with Gasteiger partial charge in [-0.05, 0) is 80.6 Å². The van der Waals surface area contributed by atoms with Gasteiger partial charge in [0, 0.05) is 23.5 Å². The van der Waals surface area contributed by atoms with E-state index in [1.54, 1.807) is 30.6 Å². The maximum atomic E-state index is 13.7. The molecule has 1 aliphatic carbocycles. The lowest BCUT2D eigenvalue weighted by Crippen LogP contribution is -2.22. The predicted molar refractivity (Wildman–Crippen MR) is 127 cm³/mol. The minimum Gasteiger partial charge on any atom is -0.393 e. The summed E-state index contributed by atoms with van der Waals surface area (Å²) in [4.78, 5) is 13.7. The third kappa shape index (κ3) is 4.54. The molecule has 2 N–H and O–H groups in total. The van der Waals surface area contributed by atoms with Gasteiger partial charge in [0.2, 0.25) is 5.95 Å². The van der Waals surface area contributed by atoms with Crippen molar-refractivity contribution in [2.75, 3.05) is 5.32 Å². The van der Waals surface area contributed by atoms with Crippen LogP contribution in [-0.4, -0.2) is 30.7 Å². The van der Waals surface area contributed by atoms with E-state index in [0.717, 1.165) is 35.5 Å². The molecule has 1 fully saturated rings. The van der Waals surface area contributed by atoms with Crippen LogP contribution in [-0.2, 0) is 0 Å². The molecule has 2 heterocycles. The van der Waals surface area contributed by atoms with Crippen molar-refractivity contribution in [1.29, 1.82) is 0 Å². The number of hydrogen-bond acceptors (Lipinski definition) is 5. The molecule has 174 valence electrons. The summed E-state index contributed by atoms with van der Waals surface area (Å²) < 4.78 is 29.4. The Morgan fingerprint density at radius 1 is 0.941 bits per heavy atom. The second-order valence-electron chi connectivity index (χ2n) is 8.66. The summed E-state index contributed by atoms with van der Waals surface area (Å²) in [6, 6.07) is 12.7. The van der Waals surface area contributed by atoms with Crippen molar-refractivity contribution in [2.45, 2.75) is 44.8 Å². The normalized spacial score (nSPS) is 18.1. The number of aliphatic hydroxyl groups excluding tert-OH is 1. The lowest BCUT2D eigenvalue weighted by molar-refractivity contribution is 0.111. The molecule has 5 rings (SSSR count). The SMILES string of the molecule is Cc1ccc(F)cc1Nc1nccc(-c2cnc(-c3ccc(F)cc3)n2C2CCC(O)CC2)n1. The molecule has 0 saturated heterocycles. The maximum absolute atomic E-state index is 13.7. The average Bonchev–Trinajstić information content (AvgIpc) is 3.28. The first-order chi connectivity index (χ1) is 16.5. The highest BCUT2D eigenvalue weighted by molar-refractivity contribution is 5.66. The van der Waals surface area contributed by atoms with Gasteiger partial charge in [-0.1, -0.05) is 6.07 Å². The van der Waals surface area contributed by atoms with Gasteiger partial charge in [0.25, 0.3) is 0 Å². The van der Waals surface area contributed by atoms with Gasteiger partial charge in [-0.25, -0.2) is 23.7 Å². The van der Waals surface area contributed by atoms with E-state index < -0.39 is 0 Å². The zero-order valence-corrected chi connectivity index (χ0v) is 18.7. The summed E-state index contributed by atoms with van der Waals surface area (Å²) in [5.74, 6) is 0.430. The van der Waals surface area contributed by atoms with Crippen molar-refractivity contribution < 1.29 is 13.9 Å². The molecule has 2 aromatic heterocycles. The summed E-state index contributed by atoms with van der Waals surface area (Å²) in [5, 5.41) is 13.1. The minimum absolute atomic E-state index is 0.123. The van der Waals surface area contributed by atoms with Gasteiger partial charge in [-0.2, -0.15) is 0 Å². The van der Waals surface area contributed by atoms with Crippen molar-refractivity contribution in [3.05, 3.63) is 78.1 Å². The molecule has 0 spiro atoms. The average molecular weight is 462 g/mol. The van der Waals surface area contributed by atoms with Crippen LogP contribution in [0, 0.1) is 18.6 Å². The van der Waals surface area contributed by atoms with E-state index in [0.29, 0.717) is 30.2 Å². The second-order valence-corrected chi connectivity index (χ2v) is 8.66. The topological polar surface area (TPSA) is 75.9 Å². The number of rotatable bonds is 5. The summed E-state index contributed by atoms with van der Waals surface area (Å²) in [5.41, 5.74) is 3.75. The number of aromatic nitrogens is 4. The van der Waals surface area contributed by atoms with Crippen LogP contribution in [0.1, 0.15) is 37.3 Å². The van der Waals surface area contributed by atoms with Gasteiger partial charge in [-0.3, -0.25) is 0 Å². The largest absolute Gasteiger partial charge is 0.393 e. The lowest BCUT2D eigenvalue weighted by Gasteiger charge is -2.29. The van der Waals surface area contributed by atoms with Crippen LogP contribution >= 0.6 is 0 Å². The first-order valence-corrected chi connectivity index (χ1v) is 11.4. The first kappa shape index (κ1) is 22.2. The van der Waals surface area contributed by atoms with E-state index in [9.17, 15) is 13.9 Å². The van der Waals surface area contributed by atoms with Crippen LogP contribution in [0.3, 0.4) is 0 Å². The molecule has 6 nitrogen and oxygen atoms in total. The van der Waals surface area contributed by atoms with Crippen molar-refractivity contribution in [1.82, 2.24) is 19.5 Å². The number of aryl methyl sites for hydroxylation is 1. The predicted octanol–water partition coefficient (Wildman–Crippen LogP) is 5.81. The van der Waals surface area contributed by atoms with Crippen molar-refractivity contribution in [3.63, 3.8) is 0 Å². The van der Waals surface area contributed by atoms with Gasteiger partial charge in [0.05, 0.1) is 23.7 Å². The Hall–Kier alpha value is -3.65. The molecular weight excluding hydrogens is 436 g/mol. The van der Waals surface area contributed by atoms with E-state index in [2.05, 4.69) is 24.8 Å². The Balaban J connectivity index is 1.55. The van der Waals surface area contributed by atoms with Gasteiger partial charge in [0.1, 0.15) is 17.5 Å². The molecule has 0 atom stereocenters. The van der Waals surface area contributed by atoms with E-state index in [4.69, 9.17) is 0 Å². The fourth-order valence-electron chi connectivity index (χ4n) is 4.46. The first-order valence-electron chi connectivity index (χ1n) is 11.4. The summed E-state index contributed by atoms with van der Waals surface area (Å²) in [7, 11) is 0. The zero-order chi connectivity index (χ0) is 23.7. The number of anilines is 2. The minimum atomic E-state index is -0.342. The summed E-state index contributed by atoms with van der Waals surface area (Å²) in [6.45, 7) is 1.88. The van der Waals surface area contributed by atoms with Crippen molar-refractivity contribution in [2.24, 2.45) is 0 Å². The van der Waals surface area contributed by atoms with Crippen LogP contribution in [0.25, 0.3) is 22.8 Å². The zero-order valence-electron chi connectivity index (χ0n) is 18.7. The molecule has 1 aliphatic rings. The molecule has 0 aliphatic heterocycles. The molecule has 8 heteroatoms. The highest BCUT2D eigenvalue weighted by Crippen LogP contribution is 2.37. The summed E-state index contributed by atoms with van der Waals surface area (Å²) in [6.07, 6.45) is 6.15. The highest BCUT2D eigenvalue weighted by atomic mass is 19.1. The molecule has 0 radical (unpaired) electrons. The molecule has 2 aromatic carbocycles. The van der Waals surface area contributed by atoms with E-state index in [1.165, 1.54) is 24.3 Å². The molecule has 1 saturated carbocycles. The fraction of sp³-hybridized carbons (Fsp3) is 0.269. The Kier molecular flexibility index (Phi) is 6.06. The monoisotopic (exact) mass is 461 g/mol. The molecule has 34 heavy (non-hydrogen) atoms. The van der Waals surface area contributed by atoms with Gasteiger partial charge >= 0.3 is 0 Å². The Morgan fingerprint density at radius 3 is 2.44 bits per heavy atom. The van der Waals surface area contributed by atoms with Gasteiger partial charge in [-0.15, -0.1) is 0 Å². The number of nitrogens with zero attached hydrogens (tertiary/aromatic N) is 4. The number of aliphatic hydroxyl groups is 1. The van der Waals surface area contributed by atoms with Crippen LogP contribution in [0.15, 0.2) is 60.9 Å². The van der Waals surface area contributed by atoms with E-state index >= 15 is 0 Å². The van der Waals surface area contributed by atoms with Gasteiger partial charge < -0.3 is 15.0 Å². The smallest absolute Gasteiger partial charge is 0.227 e. The number of nitrogens with one attached hydrogen (secondary N) is 1. The van der Waals surface area contributed by atoms with Crippen molar-refractivity contribution in [3.8, 4) is 22.8 Å². The van der Waals surface area contributed by atoms with E-state index in [1.807, 2.05) is 13.0 Å². The Morgan fingerprint density at radius 2 is 1.68 bits per heavy atom. The number of imidazole rings is 1. The fourth-order valence-corrected chi connectivity index (χ4v) is 4.46. The third-order valence-corrected chi connectivity index (χ3v) is 6.29. The second kappa shape index (κ2) is 9.30. The van der Waals surface area contributed by atoms with Crippen LogP contribution in [0.2, 0.25) is 0 Å². The molecule has 4 aromatic rings.